The highest BCUT2D eigenvalue weighted by atomic mass is 127. The summed E-state index contributed by atoms with van der Waals surface area (Å²) in [4.78, 5) is 12.7. The number of carbonyl (C=O) groups excluding carboxylic acids is 1. The average molecular weight is 532 g/mol. The third-order valence-electron chi connectivity index (χ3n) is 6.54. The van der Waals surface area contributed by atoms with Crippen molar-refractivity contribution in [2.24, 2.45) is 0 Å². The fourth-order valence-electron chi connectivity index (χ4n) is 4.69. The Bertz CT molecular complexity index is 944. The van der Waals surface area contributed by atoms with Gasteiger partial charge in [0.15, 0.2) is 0 Å². The molecule has 2 aromatic carbocycles. The number of nitrogens with one attached hydrogen (secondary N) is 1. The Morgan fingerprint density at radius 2 is 1.77 bits per heavy atom. The highest BCUT2D eigenvalue weighted by Crippen LogP contribution is 2.29. The number of ether oxygens (including phenoxy) is 1. The van der Waals surface area contributed by atoms with Gasteiger partial charge in [-0.15, -0.1) is 0 Å². The summed E-state index contributed by atoms with van der Waals surface area (Å²) < 4.78 is 6.81. The SMILES string of the molecule is Cc1ccc2c(c1)OCC(C(=O)Nc1ccc(C[N+](C)(C)C3CCCCC3)cc1)=C2.[I-]. The highest BCUT2D eigenvalue weighted by Gasteiger charge is 2.29. The Labute approximate surface area is 203 Å². The lowest BCUT2D eigenvalue weighted by Crippen LogP contribution is -3.00. The average Bonchev–Trinajstić information content (AvgIpc) is 2.75. The largest absolute Gasteiger partial charge is 1.00 e. The van der Waals surface area contributed by atoms with Gasteiger partial charge in [-0.1, -0.05) is 30.7 Å². The topological polar surface area (TPSA) is 38.3 Å². The second-order valence-corrected chi connectivity index (χ2v) is 9.38. The normalized spacial score (nSPS) is 16.4. The van der Waals surface area contributed by atoms with Gasteiger partial charge < -0.3 is 38.5 Å². The Morgan fingerprint density at radius 3 is 2.48 bits per heavy atom. The van der Waals surface area contributed by atoms with Crippen LogP contribution in [0.5, 0.6) is 5.75 Å². The predicted octanol–water partition coefficient (Wildman–Crippen LogP) is 2.32. The van der Waals surface area contributed by atoms with Crippen LogP contribution in [-0.4, -0.2) is 37.1 Å². The zero-order valence-corrected chi connectivity index (χ0v) is 20.9. The lowest BCUT2D eigenvalue weighted by molar-refractivity contribution is -0.929. The van der Waals surface area contributed by atoms with Crippen LogP contribution in [0.2, 0.25) is 0 Å². The Balaban J connectivity index is 0.00000272. The molecule has 1 fully saturated rings. The Hall–Kier alpha value is -1.86. The summed E-state index contributed by atoms with van der Waals surface area (Å²) in [7, 11) is 4.70. The van der Waals surface area contributed by atoms with E-state index in [1.807, 2.05) is 43.3 Å². The molecule has 1 aliphatic carbocycles. The van der Waals surface area contributed by atoms with Gasteiger partial charge in [-0.2, -0.15) is 0 Å². The fourth-order valence-corrected chi connectivity index (χ4v) is 4.69. The lowest BCUT2D eigenvalue weighted by atomic mass is 9.92. The maximum atomic E-state index is 12.7. The number of nitrogens with zero attached hydrogens (tertiary/aromatic N) is 1. The first kappa shape index (κ1) is 23.8. The fraction of sp³-hybridized carbons (Fsp3) is 0.423. The number of hydrogen-bond donors (Lipinski definition) is 1. The van der Waals surface area contributed by atoms with Crippen LogP contribution in [0.4, 0.5) is 5.69 Å². The molecule has 4 nitrogen and oxygen atoms in total. The van der Waals surface area contributed by atoms with E-state index in [0.29, 0.717) is 12.2 Å². The van der Waals surface area contributed by atoms with Gasteiger partial charge in [0.2, 0.25) is 0 Å². The van der Waals surface area contributed by atoms with Gasteiger partial charge >= 0.3 is 0 Å². The van der Waals surface area contributed by atoms with E-state index in [9.17, 15) is 4.79 Å². The molecular formula is C26H33IN2O2. The molecule has 1 aliphatic heterocycles. The van der Waals surface area contributed by atoms with E-state index < -0.39 is 0 Å². The second kappa shape index (κ2) is 10.2. The molecule has 2 aromatic rings. The van der Waals surface area contributed by atoms with Crippen LogP contribution in [0, 0.1) is 6.92 Å². The summed E-state index contributed by atoms with van der Waals surface area (Å²) in [6.45, 7) is 3.36. The number of benzene rings is 2. The lowest BCUT2D eigenvalue weighted by Gasteiger charge is -2.40. The van der Waals surface area contributed by atoms with Gasteiger partial charge in [0, 0.05) is 16.8 Å². The van der Waals surface area contributed by atoms with E-state index in [1.165, 1.54) is 37.7 Å². The zero-order chi connectivity index (χ0) is 21.1. The minimum atomic E-state index is -0.104. The standard InChI is InChI=1S/C26H32N2O2.HI/c1-19-9-12-21-16-22(18-30-25(21)15-19)26(29)27-23-13-10-20(11-14-23)17-28(2,3)24-7-5-4-6-8-24;/h9-16,24H,4-8,17-18H2,1-3H3;1H. The quantitative estimate of drug-likeness (QED) is 0.475. The third kappa shape index (κ3) is 5.89. The number of hydrogen-bond acceptors (Lipinski definition) is 2. The van der Waals surface area contributed by atoms with E-state index in [0.717, 1.165) is 39.6 Å². The summed E-state index contributed by atoms with van der Waals surface area (Å²) in [6, 6.07) is 15.1. The Morgan fingerprint density at radius 1 is 1.06 bits per heavy atom. The summed E-state index contributed by atoms with van der Waals surface area (Å²) in [5.74, 6) is 0.738. The molecule has 1 amide bonds. The van der Waals surface area contributed by atoms with E-state index in [1.54, 1.807) is 0 Å². The maximum Gasteiger partial charge on any atom is 0.255 e. The van der Waals surface area contributed by atoms with Crippen molar-refractivity contribution in [3.8, 4) is 5.75 Å². The van der Waals surface area contributed by atoms with Crippen LogP contribution in [0.15, 0.2) is 48.0 Å². The Kier molecular flexibility index (Phi) is 7.81. The van der Waals surface area contributed by atoms with Crippen molar-refractivity contribution in [1.82, 2.24) is 0 Å². The van der Waals surface area contributed by atoms with Crippen LogP contribution in [-0.2, 0) is 11.3 Å². The van der Waals surface area contributed by atoms with Crippen molar-refractivity contribution < 1.29 is 38.0 Å². The van der Waals surface area contributed by atoms with Crippen LogP contribution in [0.1, 0.15) is 48.8 Å². The van der Waals surface area contributed by atoms with E-state index in [-0.39, 0.29) is 29.9 Å². The minimum Gasteiger partial charge on any atom is -1.00 e. The van der Waals surface area contributed by atoms with Gasteiger partial charge in [-0.25, -0.2) is 0 Å². The van der Waals surface area contributed by atoms with Crippen molar-refractivity contribution in [3.05, 3.63) is 64.7 Å². The van der Waals surface area contributed by atoms with Crippen LogP contribution in [0.3, 0.4) is 0 Å². The van der Waals surface area contributed by atoms with Crippen molar-refractivity contribution in [1.29, 1.82) is 0 Å². The summed E-state index contributed by atoms with van der Waals surface area (Å²) in [5.41, 5.74) is 4.89. The van der Waals surface area contributed by atoms with Gasteiger partial charge in [-0.3, -0.25) is 4.79 Å². The monoisotopic (exact) mass is 532 g/mol. The molecule has 1 heterocycles. The number of fused-ring (bicyclic) bond motifs is 1. The second-order valence-electron chi connectivity index (χ2n) is 9.38. The number of rotatable bonds is 5. The minimum absolute atomic E-state index is 0. The molecule has 0 atom stereocenters. The number of quaternary nitrogens is 1. The molecule has 0 radical (unpaired) electrons. The van der Waals surface area contributed by atoms with Gasteiger partial charge in [0.1, 0.15) is 18.9 Å². The van der Waals surface area contributed by atoms with Crippen LogP contribution >= 0.6 is 0 Å². The van der Waals surface area contributed by atoms with E-state index in [4.69, 9.17) is 4.74 Å². The summed E-state index contributed by atoms with van der Waals surface area (Å²) in [6.07, 6.45) is 8.70. The van der Waals surface area contributed by atoms with Crippen molar-refractivity contribution in [3.63, 3.8) is 0 Å². The molecule has 0 spiro atoms. The van der Waals surface area contributed by atoms with Gasteiger partial charge in [0.05, 0.1) is 25.7 Å². The first-order valence-electron chi connectivity index (χ1n) is 11.1. The molecule has 1 saturated carbocycles. The van der Waals surface area contributed by atoms with Crippen LogP contribution < -0.4 is 34.0 Å². The molecule has 0 unspecified atom stereocenters. The number of amides is 1. The highest BCUT2D eigenvalue weighted by molar-refractivity contribution is 6.07. The molecule has 5 heteroatoms. The third-order valence-corrected chi connectivity index (χ3v) is 6.54. The number of halogens is 1. The molecule has 0 saturated heterocycles. The molecule has 166 valence electrons. The number of carbonyl (C=O) groups is 1. The molecule has 1 N–H and O–H groups in total. The zero-order valence-electron chi connectivity index (χ0n) is 18.8. The predicted molar refractivity (Wildman–Crippen MR) is 122 cm³/mol. The molecule has 31 heavy (non-hydrogen) atoms. The molecule has 2 aliphatic rings. The van der Waals surface area contributed by atoms with E-state index >= 15 is 0 Å². The molecule has 0 aromatic heterocycles. The van der Waals surface area contributed by atoms with Crippen LogP contribution in [0.25, 0.3) is 6.08 Å². The van der Waals surface area contributed by atoms with Crippen molar-refractivity contribution >= 4 is 17.7 Å². The van der Waals surface area contributed by atoms with E-state index in [2.05, 4.69) is 31.5 Å². The smallest absolute Gasteiger partial charge is 0.255 e. The molecule has 0 bridgehead atoms. The van der Waals surface area contributed by atoms with Gasteiger partial charge in [0.25, 0.3) is 5.91 Å². The van der Waals surface area contributed by atoms with Crippen molar-refractivity contribution in [2.45, 2.75) is 51.6 Å². The molecule has 4 rings (SSSR count). The summed E-state index contributed by atoms with van der Waals surface area (Å²) >= 11 is 0. The number of anilines is 1. The van der Waals surface area contributed by atoms with Gasteiger partial charge in [-0.05, 0) is 62.4 Å². The maximum absolute atomic E-state index is 12.7. The first-order chi connectivity index (χ1) is 14.4. The summed E-state index contributed by atoms with van der Waals surface area (Å²) in [5, 5.41) is 3.01. The van der Waals surface area contributed by atoms with Crippen molar-refractivity contribution in [2.75, 3.05) is 26.0 Å². The molecular weight excluding hydrogens is 499 g/mol. The first-order valence-corrected chi connectivity index (χ1v) is 11.1. The number of aryl methyl sites for hydroxylation is 1.